The Kier molecular flexibility index (Phi) is 4.17. The molecular weight excluding hydrogens is 376 g/mol. The number of para-hydroxylation sites is 1. The molecule has 2 heterocycles. The van der Waals surface area contributed by atoms with Crippen molar-refractivity contribution in [2.45, 2.75) is 26.3 Å². The number of benzene rings is 2. The molecule has 5 heteroatoms. The Labute approximate surface area is 156 Å². The highest BCUT2D eigenvalue weighted by molar-refractivity contribution is 9.10. The summed E-state index contributed by atoms with van der Waals surface area (Å²) < 4.78 is 1.06. The number of hydrogen-bond donors (Lipinski definition) is 1. The number of hydrogen-bond acceptors (Lipinski definition) is 4. The third kappa shape index (κ3) is 3.24. The first-order chi connectivity index (χ1) is 12.1. The van der Waals surface area contributed by atoms with E-state index in [1.54, 1.807) is 0 Å². The average Bonchev–Trinajstić information content (AvgIpc) is 2.92. The van der Waals surface area contributed by atoms with Gasteiger partial charge in [0.05, 0.1) is 0 Å². The summed E-state index contributed by atoms with van der Waals surface area (Å²) in [4.78, 5) is 11.7. The van der Waals surface area contributed by atoms with Crippen LogP contribution in [0.15, 0.2) is 59.1 Å². The maximum atomic E-state index is 4.77. The number of nitrogens with one attached hydrogen (secondary N) is 1. The molecule has 1 unspecified atom stereocenters. The quantitative estimate of drug-likeness (QED) is 0.647. The lowest BCUT2D eigenvalue weighted by molar-refractivity contribution is 0.738. The first kappa shape index (κ1) is 16.1. The molecule has 0 bridgehead atoms. The van der Waals surface area contributed by atoms with Gasteiger partial charge < -0.3 is 10.2 Å². The maximum absolute atomic E-state index is 4.77. The molecule has 1 aliphatic rings. The molecule has 0 spiro atoms. The largest absolute Gasteiger partial charge is 0.340 e. The molecule has 0 aliphatic carbocycles. The lowest BCUT2D eigenvalue weighted by Gasteiger charge is -2.23. The van der Waals surface area contributed by atoms with Crippen molar-refractivity contribution in [3.63, 3.8) is 0 Å². The zero-order valence-corrected chi connectivity index (χ0v) is 15.8. The van der Waals surface area contributed by atoms with Crippen molar-refractivity contribution in [3.05, 3.63) is 70.3 Å². The zero-order chi connectivity index (χ0) is 17.4. The van der Waals surface area contributed by atoms with Crippen LogP contribution in [0.2, 0.25) is 0 Å². The van der Waals surface area contributed by atoms with Crippen molar-refractivity contribution >= 4 is 39.1 Å². The van der Waals surface area contributed by atoms with Gasteiger partial charge in [0.2, 0.25) is 5.95 Å². The van der Waals surface area contributed by atoms with E-state index in [0.717, 1.165) is 34.0 Å². The topological polar surface area (TPSA) is 41.1 Å². The lowest BCUT2D eigenvalue weighted by atomic mass is 10.1. The number of aromatic nitrogens is 2. The third-order valence-electron chi connectivity index (χ3n) is 4.38. The highest BCUT2D eigenvalue weighted by Crippen LogP contribution is 2.37. The van der Waals surface area contributed by atoms with E-state index in [1.807, 2.05) is 37.3 Å². The smallest absolute Gasteiger partial charge is 0.232 e. The number of nitrogens with zero attached hydrogens (tertiary/aromatic N) is 3. The number of halogens is 1. The molecule has 0 fully saturated rings. The highest BCUT2D eigenvalue weighted by Gasteiger charge is 2.28. The van der Waals surface area contributed by atoms with Gasteiger partial charge >= 0.3 is 0 Å². The standard InChI is InChI=1S/C20H19BrN4/c1-13-11-19(23-17-9-7-16(21)8-10-17)24-20(22-13)25-14(2)12-15-5-3-4-6-18(15)25/h3-11,14H,12H2,1-2H3,(H,22,23,24). The van der Waals surface area contributed by atoms with Gasteiger partial charge in [0.25, 0.3) is 0 Å². The van der Waals surface area contributed by atoms with Crippen LogP contribution in [-0.2, 0) is 6.42 Å². The lowest BCUT2D eigenvalue weighted by Crippen LogP contribution is -2.26. The van der Waals surface area contributed by atoms with Crippen molar-refractivity contribution in [1.29, 1.82) is 0 Å². The molecule has 1 aromatic heterocycles. The second-order valence-electron chi connectivity index (χ2n) is 6.38. The second-order valence-corrected chi connectivity index (χ2v) is 7.29. The van der Waals surface area contributed by atoms with Crippen LogP contribution in [0, 0.1) is 6.92 Å². The van der Waals surface area contributed by atoms with Gasteiger partial charge in [-0.3, -0.25) is 0 Å². The summed E-state index contributed by atoms with van der Waals surface area (Å²) in [7, 11) is 0. The molecule has 2 aromatic carbocycles. The number of anilines is 4. The highest BCUT2D eigenvalue weighted by atomic mass is 79.9. The van der Waals surface area contributed by atoms with Crippen LogP contribution in [0.5, 0.6) is 0 Å². The second kappa shape index (κ2) is 6.48. The van der Waals surface area contributed by atoms with Gasteiger partial charge in [-0.25, -0.2) is 4.98 Å². The van der Waals surface area contributed by atoms with Crippen molar-refractivity contribution in [1.82, 2.24) is 9.97 Å². The van der Waals surface area contributed by atoms with Crippen LogP contribution in [-0.4, -0.2) is 16.0 Å². The molecule has 4 nitrogen and oxygen atoms in total. The first-order valence-electron chi connectivity index (χ1n) is 8.35. The molecule has 0 amide bonds. The summed E-state index contributed by atoms with van der Waals surface area (Å²) in [5.41, 5.74) is 4.50. The average molecular weight is 395 g/mol. The Hall–Kier alpha value is -2.40. The minimum absolute atomic E-state index is 0.347. The van der Waals surface area contributed by atoms with Gasteiger partial charge in [-0.2, -0.15) is 4.98 Å². The van der Waals surface area contributed by atoms with Gasteiger partial charge in [-0.1, -0.05) is 34.1 Å². The fourth-order valence-corrected chi connectivity index (χ4v) is 3.54. The van der Waals surface area contributed by atoms with Gasteiger partial charge in [-0.15, -0.1) is 0 Å². The molecule has 1 N–H and O–H groups in total. The van der Waals surface area contributed by atoms with Gasteiger partial charge in [-0.05, 0) is 56.2 Å². The summed E-state index contributed by atoms with van der Waals surface area (Å²) >= 11 is 3.46. The Bertz CT molecular complexity index is 908. The minimum Gasteiger partial charge on any atom is -0.340 e. The Morgan fingerprint density at radius 3 is 2.64 bits per heavy atom. The van der Waals surface area contributed by atoms with Crippen molar-refractivity contribution in [2.24, 2.45) is 0 Å². The van der Waals surface area contributed by atoms with Crippen LogP contribution in [0.4, 0.5) is 23.1 Å². The Balaban J connectivity index is 1.69. The summed E-state index contributed by atoms with van der Waals surface area (Å²) in [6.07, 6.45) is 1.02. The van der Waals surface area contributed by atoms with E-state index in [2.05, 4.69) is 62.3 Å². The van der Waals surface area contributed by atoms with E-state index < -0.39 is 0 Å². The molecule has 1 atom stereocenters. The molecular formula is C20H19BrN4. The molecule has 3 aromatic rings. The van der Waals surface area contributed by atoms with E-state index in [4.69, 9.17) is 4.98 Å². The number of rotatable bonds is 3. The minimum atomic E-state index is 0.347. The molecule has 0 radical (unpaired) electrons. The van der Waals surface area contributed by atoms with Gasteiger partial charge in [0.15, 0.2) is 0 Å². The predicted molar refractivity (Wildman–Crippen MR) is 106 cm³/mol. The van der Waals surface area contributed by atoms with E-state index in [9.17, 15) is 0 Å². The SMILES string of the molecule is Cc1cc(Nc2ccc(Br)cc2)nc(N2c3ccccc3CC2C)n1. The van der Waals surface area contributed by atoms with E-state index in [0.29, 0.717) is 6.04 Å². The zero-order valence-electron chi connectivity index (χ0n) is 14.2. The molecule has 25 heavy (non-hydrogen) atoms. The van der Waals surface area contributed by atoms with Crippen LogP contribution in [0.25, 0.3) is 0 Å². The predicted octanol–water partition coefficient (Wildman–Crippen LogP) is 5.37. The number of aryl methyl sites for hydroxylation is 1. The molecule has 4 rings (SSSR count). The molecule has 126 valence electrons. The molecule has 0 saturated heterocycles. The first-order valence-corrected chi connectivity index (χ1v) is 9.15. The van der Waals surface area contributed by atoms with Crippen molar-refractivity contribution < 1.29 is 0 Å². The van der Waals surface area contributed by atoms with Gasteiger partial charge in [0.1, 0.15) is 5.82 Å². The molecule has 0 saturated carbocycles. The molecule has 1 aliphatic heterocycles. The maximum Gasteiger partial charge on any atom is 0.232 e. The van der Waals surface area contributed by atoms with Crippen molar-refractivity contribution in [2.75, 3.05) is 10.2 Å². The fraction of sp³-hybridized carbons (Fsp3) is 0.200. The van der Waals surface area contributed by atoms with Crippen LogP contribution in [0.3, 0.4) is 0 Å². The summed E-state index contributed by atoms with van der Waals surface area (Å²) in [6, 6.07) is 18.9. The Morgan fingerprint density at radius 2 is 1.84 bits per heavy atom. The number of fused-ring (bicyclic) bond motifs is 1. The fourth-order valence-electron chi connectivity index (χ4n) is 3.28. The van der Waals surface area contributed by atoms with E-state index in [1.165, 1.54) is 11.3 Å². The summed E-state index contributed by atoms with van der Waals surface area (Å²) in [6.45, 7) is 4.22. The Morgan fingerprint density at radius 1 is 1.08 bits per heavy atom. The normalized spacial score (nSPS) is 16.0. The van der Waals surface area contributed by atoms with Gasteiger partial charge in [0, 0.05) is 33.6 Å². The monoisotopic (exact) mass is 394 g/mol. The van der Waals surface area contributed by atoms with Crippen LogP contribution >= 0.6 is 15.9 Å². The summed E-state index contributed by atoms with van der Waals surface area (Å²) in [5, 5.41) is 3.38. The van der Waals surface area contributed by atoms with Crippen molar-refractivity contribution in [3.8, 4) is 0 Å². The van der Waals surface area contributed by atoms with E-state index in [-0.39, 0.29) is 0 Å². The third-order valence-corrected chi connectivity index (χ3v) is 4.91. The summed E-state index contributed by atoms with van der Waals surface area (Å²) in [5.74, 6) is 1.55. The van der Waals surface area contributed by atoms with E-state index >= 15 is 0 Å². The van der Waals surface area contributed by atoms with Crippen LogP contribution < -0.4 is 10.2 Å². The van der Waals surface area contributed by atoms with Crippen LogP contribution in [0.1, 0.15) is 18.2 Å².